The van der Waals surface area contributed by atoms with Gasteiger partial charge in [0, 0.05) is 9.92 Å². The van der Waals surface area contributed by atoms with E-state index >= 15 is 0 Å². The van der Waals surface area contributed by atoms with Gasteiger partial charge < -0.3 is 4.74 Å². The van der Waals surface area contributed by atoms with Gasteiger partial charge in [-0.25, -0.2) is 0 Å². The Balaban J connectivity index is 0.000000107. The molecule has 1 nitrogen and oxygen atoms in total. The molecule has 1 aromatic carbocycles. The highest BCUT2D eigenvalue weighted by Gasteiger charge is 2.03. The molecule has 0 N–H and O–H groups in total. The van der Waals surface area contributed by atoms with Crippen molar-refractivity contribution in [3.63, 3.8) is 0 Å². The Bertz CT molecular complexity index is 713. The van der Waals surface area contributed by atoms with E-state index in [1.54, 1.807) is 18.4 Å². The zero-order valence-corrected chi connectivity index (χ0v) is 10.3. The third-order valence-electron chi connectivity index (χ3n) is 2.87. The Morgan fingerprint density at radius 2 is 1.88 bits per heavy atom. The summed E-state index contributed by atoms with van der Waals surface area (Å²) in [6.45, 7) is 0. The maximum Gasteiger partial charge on any atom is 0.127 e. The molecule has 2 heteroatoms. The Labute approximate surface area is 104 Å². The molecule has 4 rings (SSSR count). The van der Waals surface area contributed by atoms with Crippen LogP contribution < -0.4 is 4.74 Å². The Morgan fingerprint density at radius 3 is 2.41 bits per heavy atom. The zero-order chi connectivity index (χ0) is 11.7. The summed E-state index contributed by atoms with van der Waals surface area (Å²) < 4.78 is 6.34. The maximum absolute atomic E-state index is 4.97. The van der Waals surface area contributed by atoms with E-state index < -0.39 is 0 Å². The molecule has 0 saturated heterocycles. The molecule has 1 heterocycles. The van der Waals surface area contributed by atoms with E-state index in [4.69, 9.17) is 4.74 Å². The molecule has 0 aliphatic heterocycles. The van der Waals surface area contributed by atoms with Gasteiger partial charge in [-0.05, 0) is 34.2 Å². The fourth-order valence-corrected chi connectivity index (χ4v) is 2.62. The SMILES string of the molecule is COc1cc2ccc1=2.c1ccc2sccc2c1. The summed E-state index contributed by atoms with van der Waals surface area (Å²) in [6.07, 6.45) is 0. The minimum absolute atomic E-state index is 1.03. The van der Waals surface area contributed by atoms with Crippen molar-refractivity contribution in [2.45, 2.75) is 0 Å². The summed E-state index contributed by atoms with van der Waals surface area (Å²) in [7, 11) is 1.70. The third-order valence-corrected chi connectivity index (χ3v) is 3.77. The van der Waals surface area contributed by atoms with Crippen molar-refractivity contribution in [3.8, 4) is 5.75 Å². The van der Waals surface area contributed by atoms with Gasteiger partial charge in [0.1, 0.15) is 5.75 Å². The molecule has 0 bridgehead atoms. The van der Waals surface area contributed by atoms with Crippen LogP contribution in [-0.2, 0) is 0 Å². The van der Waals surface area contributed by atoms with E-state index in [0.717, 1.165) is 5.75 Å². The monoisotopic (exact) mass is 240 g/mol. The average molecular weight is 240 g/mol. The number of rotatable bonds is 1. The lowest BCUT2D eigenvalue weighted by atomic mass is 10.1. The van der Waals surface area contributed by atoms with Gasteiger partial charge in [-0.15, -0.1) is 11.3 Å². The summed E-state index contributed by atoms with van der Waals surface area (Å²) in [5, 5.41) is 6.09. The van der Waals surface area contributed by atoms with Crippen LogP contribution in [0.15, 0.2) is 53.9 Å². The van der Waals surface area contributed by atoms with Crippen LogP contribution in [0.5, 0.6) is 5.75 Å². The fraction of sp³-hybridized carbons (Fsp3) is 0.0667. The van der Waals surface area contributed by atoms with Crippen molar-refractivity contribution in [2.24, 2.45) is 0 Å². The first-order valence-electron chi connectivity index (χ1n) is 5.49. The topological polar surface area (TPSA) is 9.23 Å². The van der Waals surface area contributed by atoms with Crippen LogP contribution in [0.1, 0.15) is 0 Å². The highest BCUT2D eigenvalue weighted by atomic mass is 32.1. The van der Waals surface area contributed by atoms with Crippen molar-refractivity contribution in [1.82, 2.24) is 0 Å². The predicted molar refractivity (Wildman–Crippen MR) is 72.5 cm³/mol. The largest absolute Gasteiger partial charge is 0.496 e. The second-order valence-corrected chi connectivity index (χ2v) is 4.82. The summed E-state index contributed by atoms with van der Waals surface area (Å²) in [4.78, 5) is 0. The second kappa shape index (κ2) is 4.22. The van der Waals surface area contributed by atoms with Gasteiger partial charge in [0.25, 0.3) is 0 Å². The quantitative estimate of drug-likeness (QED) is 0.484. The average Bonchev–Trinajstić information content (AvgIpc) is 2.81. The minimum Gasteiger partial charge on any atom is -0.496 e. The Morgan fingerprint density at radius 1 is 1.00 bits per heavy atom. The van der Waals surface area contributed by atoms with E-state index in [2.05, 4.69) is 47.8 Å². The molecular weight excluding hydrogens is 228 g/mol. The zero-order valence-electron chi connectivity index (χ0n) is 9.51. The molecule has 0 atom stereocenters. The van der Waals surface area contributed by atoms with Crippen molar-refractivity contribution in [1.29, 1.82) is 0 Å². The molecule has 0 spiro atoms. The molecule has 2 aliphatic carbocycles. The van der Waals surface area contributed by atoms with E-state index in [0.29, 0.717) is 0 Å². The van der Waals surface area contributed by atoms with E-state index in [1.165, 1.54) is 20.5 Å². The van der Waals surface area contributed by atoms with Crippen LogP contribution in [0.25, 0.3) is 10.1 Å². The molecule has 0 saturated carbocycles. The lowest BCUT2D eigenvalue weighted by Gasteiger charge is -2.08. The minimum atomic E-state index is 1.03. The lowest BCUT2D eigenvalue weighted by Crippen LogP contribution is -1.92. The van der Waals surface area contributed by atoms with E-state index in [-0.39, 0.29) is 0 Å². The van der Waals surface area contributed by atoms with Gasteiger partial charge >= 0.3 is 0 Å². The highest BCUT2D eigenvalue weighted by molar-refractivity contribution is 7.17. The molecule has 17 heavy (non-hydrogen) atoms. The van der Waals surface area contributed by atoms with Crippen LogP contribution in [0.3, 0.4) is 0 Å². The van der Waals surface area contributed by atoms with Crippen LogP contribution in [-0.4, -0.2) is 7.11 Å². The van der Waals surface area contributed by atoms with Crippen molar-refractivity contribution >= 4 is 21.4 Å². The molecule has 84 valence electrons. The maximum atomic E-state index is 4.97. The first kappa shape index (κ1) is 10.4. The lowest BCUT2D eigenvalue weighted by molar-refractivity contribution is 0.407. The van der Waals surface area contributed by atoms with Crippen molar-refractivity contribution < 1.29 is 4.74 Å². The molecule has 2 aliphatic rings. The first-order chi connectivity index (χ1) is 8.38. The third kappa shape index (κ3) is 1.81. The summed E-state index contributed by atoms with van der Waals surface area (Å²) in [5.41, 5.74) is 0. The summed E-state index contributed by atoms with van der Waals surface area (Å²) in [5.74, 6) is 1.03. The molecule has 0 radical (unpaired) electrons. The summed E-state index contributed by atoms with van der Waals surface area (Å²) >= 11 is 1.79. The smallest absolute Gasteiger partial charge is 0.127 e. The standard InChI is InChI=1S/C8H6S.C7H6O/c1-2-4-8-7(3-1)5-6-9-8;1-8-7-4-5-2-3-6(5)7/h1-6H;2-4H,1H3. The molecule has 0 unspecified atom stereocenters. The molecule has 2 aromatic rings. The van der Waals surface area contributed by atoms with Crippen molar-refractivity contribution in [3.05, 3.63) is 64.3 Å². The van der Waals surface area contributed by atoms with Crippen LogP contribution in [0.4, 0.5) is 0 Å². The second-order valence-electron chi connectivity index (χ2n) is 3.87. The highest BCUT2D eigenvalue weighted by Crippen LogP contribution is 2.22. The number of benzene rings is 2. The fourth-order valence-electron chi connectivity index (χ4n) is 1.83. The molecule has 1 aromatic heterocycles. The van der Waals surface area contributed by atoms with Crippen molar-refractivity contribution in [2.75, 3.05) is 7.11 Å². The first-order valence-corrected chi connectivity index (χ1v) is 6.37. The summed E-state index contributed by atoms with van der Waals surface area (Å²) in [6, 6.07) is 16.7. The number of fused-ring (bicyclic) bond motifs is 1. The molecular formula is C15H12OS. The number of hydrogen-bond donors (Lipinski definition) is 0. The number of ether oxygens (including phenoxy) is 1. The number of hydrogen-bond acceptors (Lipinski definition) is 2. The van der Waals surface area contributed by atoms with Crippen LogP contribution >= 0.6 is 11.3 Å². The van der Waals surface area contributed by atoms with Gasteiger partial charge in [-0.2, -0.15) is 0 Å². The predicted octanol–water partition coefficient (Wildman–Crippen LogP) is 4.20. The van der Waals surface area contributed by atoms with E-state index in [1.807, 2.05) is 6.07 Å². The van der Waals surface area contributed by atoms with Gasteiger partial charge in [0.2, 0.25) is 0 Å². The van der Waals surface area contributed by atoms with Gasteiger partial charge in [0.15, 0.2) is 0 Å². The molecule has 0 amide bonds. The van der Waals surface area contributed by atoms with Gasteiger partial charge in [-0.1, -0.05) is 30.3 Å². The Kier molecular flexibility index (Phi) is 2.57. The normalized spacial score (nSPS) is 10.6. The molecule has 0 fully saturated rings. The Hall–Kier alpha value is -1.80. The number of methoxy groups -OCH3 is 1. The van der Waals surface area contributed by atoms with Gasteiger partial charge in [0.05, 0.1) is 7.11 Å². The van der Waals surface area contributed by atoms with Gasteiger partial charge in [-0.3, -0.25) is 0 Å². The van der Waals surface area contributed by atoms with Crippen LogP contribution in [0.2, 0.25) is 0 Å². The van der Waals surface area contributed by atoms with E-state index in [9.17, 15) is 0 Å². The number of thiophene rings is 1. The van der Waals surface area contributed by atoms with Crippen LogP contribution in [0, 0.1) is 10.4 Å².